The summed E-state index contributed by atoms with van der Waals surface area (Å²) in [6, 6.07) is 11.5. The normalized spacial score (nSPS) is 14.4. The highest BCUT2D eigenvalue weighted by Gasteiger charge is 2.29. The first-order chi connectivity index (χ1) is 19.8. The number of nitrogens with one attached hydrogen (secondary N) is 3. The first-order valence-electron chi connectivity index (χ1n) is 13.5. The lowest BCUT2D eigenvalue weighted by atomic mass is 9.95. The predicted octanol–water partition coefficient (Wildman–Crippen LogP) is 3.42. The minimum atomic E-state index is -0.675. The van der Waals surface area contributed by atoms with E-state index in [4.69, 9.17) is 14.2 Å². The largest absolute Gasteiger partial charge is 0.493 e. The first-order valence-corrected chi connectivity index (χ1v) is 13.5. The average molecular weight is 561 g/mol. The van der Waals surface area contributed by atoms with Crippen molar-refractivity contribution in [1.29, 1.82) is 0 Å². The van der Waals surface area contributed by atoms with Crippen LogP contribution in [0.3, 0.4) is 0 Å². The van der Waals surface area contributed by atoms with Gasteiger partial charge in [-0.15, -0.1) is 0 Å². The smallest absolute Gasteiger partial charge is 0.242 e. The van der Waals surface area contributed by atoms with Crippen molar-refractivity contribution in [2.24, 2.45) is 0 Å². The zero-order valence-corrected chi connectivity index (χ0v) is 24.0. The summed E-state index contributed by atoms with van der Waals surface area (Å²) in [5.41, 5.74) is 3.88. The molecule has 0 radical (unpaired) electrons. The van der Waals surface area contributed by atoms with Gasteiger partial charge in [0.15, 0.2) is 11.5 Å². The second kappa shape index (κ2) is 13.2. The van der Waals surface area contributed by atoms with Gasteiger partial charge in [-0.05, 0) is 66.8 Å². The van der Waals surface area contributed by atoms with Crippen LogP contribution in [-0.4, -0.2) is 50.7 Å². The Morgan fingerprint density at radius 2 is 1.83 bits per heavy atom. The lowest BCUT2D eigenvalue weighted by Crippen LogP contribution is -2.39. The van der Waals surface area contributed by atoms with Crippen molar-refractivity contribution in [1.82, 2.24) is 15.6 Å². The fraction of sp³-hybridized carbons (Fsp3) is 0.355. The Morgan fingerprint density at radius 1 is 1.05 bits per heavy atom. The molecule has 2 aromatic carbocycles. The van der Waals surface area contributed by atoms with E-state index in [0.717, 1.165) is 16.8 Å². The van der Waals surface area contributed by atoms with Crippen LogP contribution in [0.4, 0.5) is 5.69 Å². The van der Waals surface area contributed by atoms with E-state index in [2.05, 4.69) is 20.9 Å². The summed E-state index contributed by atoms with van der Waals surface area (Å²) < 4.78 is 17.0. The van der Waals surface area contributed by atoms with E-state index in [1.165, 1.54) is 20.1 Å². The number of methoxy groups -OCH3 is 3. The lowest BCUT2D eigenvalue weighted by Gasteiger charge is -2.19. The van der Waals surface area contributed by atoms with Crippen LogP contribution in [0.5, 0.6) is 17.2 Å². The number of carbonyl (C=O) groups is 2. The Bertz CT molecular complexity index is 1480. The number of rotatable bonds is 10. The van der Waals surface area contributed by atoms with Gasteiger partial charge in [0.1, 0.15) is 6.04 Å². The number of pyridine rings is 1. The van der Waals surface area contributed by atoms with Gasteiger partial charge >= 0.3 is 0 Å². The summed E-state index contributed by atoms with van der Waals surface area (Å²) in [4.78, 5) is 42.7. The number of anilines is 1. The molecule has 41 heavy (non-hydrogen) atoms. The molecular formula is C31H36N4O6. The van der Waals surface area contributed by atoms with Gasteiger partial charge in [0.2, 0.25) is 23.0 Å². The third-order valence-electron chi connectivity index (χ3n) is 7.09. The van der Waals surface area contributed by atoms with Gasteiger partial charge in [0.25, 0.3) is 0 Å². The molecule has 3 aromatic rings. The molecule has 2 unspecified atom stereocenters. The fourth-order valence-electron chi connectivity index (χ4n) is 5.14. The Labute approximate surface area is 239 Å². The van der Waals surface area contributed by atoms with Gasteiger partial charge in [0, 0.05) is 37.3 Å². The molecule has 1 aliphatic rings. The number of carbonyl (C=O) groups excluding carboxylic acids is 2. The van der Waals surface area contributed by atoms with Crippen LogP contribution < -0.4 is 35.6 Å². The van der Waals surface area contributed by atoms with E-state index in [1.807, 2.05) is 30.3 Å². The predicted molar refractivity (Wildman–Crippen MR) is 157 cm³/mol. The number of fused-ring (bicyclic) bond motifs is 3. The number of hydrogen-bond acceptors (Lipinski definition) is 8. The molecule has 1 aliphatic carbocycles. The molecule has 1 aromatic heterocycles. The quantitative estimate of drug-likeness (QED) is 0.344. The van der Waals surface area contributed by atoms with Gasteiger partial charge in [0.05, 0.1) is 33.1 Å². The first kappa shape index (κ1) is 29.4. The zero-order chi connectivity index (χ0) is 29.5. The maximum atomic E-state index is 13.5. The third-order valence-corrected chi connectivity index (χ3v) is 7.09. The molecule has 0 bridgehead atoms. The maximum absolute atomic E-state index is 13.5. The van der Waals surface area contributed by atoms with Crippen molar-refractivity contribution in [2.45, 2.75) is 45.2 Å². The van der Waals surface area contributed by atoms with E-state index in [0.29, 0.717) is 54.2 Å². The lowest BCUT2D eigenvalue weighted by molar-refractivity contribution is -0.121. The highest BCUT2D eigenvalue weighted by Crippen LogP contribution is 2.50. The number of benzene rings is 1. The van der Waals surface area contributed by atoms with Crippen LogP contribution in [0.2, 0.25) is 0 Å². The summed E-state index contributed by atoms with van der Waals surface area (Å²) in [7, 11) is 4.65. The van der Waals surface area contributed by atoms with Crippen molar-refractivity contribution in [3.8, 4) is 28.4 Å². The topological polar surface area (TPSA) is 128 Å². The van der Waals surface area contributed by atoms with Crippen LogP contribution in [0.25, 0.3) is 11.1 Å². The summed E-state index contributed by atoms with van der Waals surface area (Å²) in [5, 5.41) is 8.94. The molecular weight excluding hydrogens is 524 g/mol. The highest BCUT2D eigenvalue weighted by molar-refractivity contribution is 5.85. The molecule has 10 nitrogen and oxygen atoms in total. The highest BCUT2D eigenvalue weighted by atomic mass is 16.5. The van der Waals surface area contributed by atoms with Crippen LogP contribution in [0.15, 0.2) is 53.5 Å². The Balaban J connectivity index is 1.70. The van der Waals surface area contributed by atoms with Crippen molar-refractivity contribution in [2.75, 3.05) is 33.2 Å². The summed E-state index contributed by atoms with van der Waals surface area (Å²) in [5.74, 6) is 0.981. The molecule has 2 amide bonds. The van der Waals surface area contributed by atoms with Crippen molar-refractivity contribution in [3.63, 3.8) is 0 Å². The number of nitrogens with zero attached hydrogens (tertiary/aromatic N) is 1. The van der Waals surface area contributed by atoms with E-state index in [1.54, 1.807) is 33.4 Å². The zero-order valence-electron chi connectivity index (χ0n) is 24.0. The molecule has 2 atom stereocenters. The maximum Gasteiger partial charge on any atom is 0.242 e. The molecule has 0 aliphatic heterocycles. The molecule has 3 N–H and O–H groups in total. The molecule has 0 fully saturated rings. The summed E-state index contributed by atoms with van der Waals surface area (Å²) >= 11 is 0. The molecule has 0 spiro atoms. The van der Waals surface area contributed by atoms with E-state index >= 15 is 0 Å². The van der Waals surface area contributed by atoms with Gasteiger partial charge in [-0.25, -0.2) is 0 Å². The SMILES string of the molecule is COc1cc2c(c(OC)c1OC)-c1ccc(NC(C)C(=O)NCCc3ccccn3)c(=O)cc1C(NC(C)=O)CC2. The monoisotopic (exact) mass is 560 g/mol. The van der Waals surface area contributed by atoms with Crippen molar-refractivity contribution >= 4 is 17.5 Å². The third kappa shape index (κ3) is 6.59. The van der Waals surface area contributed by atoms with Crippen molar-refractivity contribution in [3.05, 3.63) is 75.7 Å². The van der Waals surface area contributed by atoms with Crippen LogP contribution in [0, 0.1) is 0 Å². The van der Waals surface area contributed by atoms with Crippen LogP contribution in [0.1, 0.15) is 43.1 Å². The van der Waals surface area contributed by atoms with Crippen LogP contribution >= 0.6 is 0 Å². The Hall–Kier alpha value is -4.60. The minimum absolute atomic E-state index is 0.206. The molecule has 216 valence electrons. The number of aryl methyl sites for hydroxylation is 1. The van der Waals surface area contributed by atoms with Crippen molar-refractivity contribution < 1.29 is 23.8 Å². The number of amides is 2. The Morgan fingerprint density at radius 3 is 2.49 bits per heavy atom. The molecule has 0 saturated heterocycles. The van der Waals surface area contributed by atoms with Gasteiger partial charge in [-0.2, -0.15) is 0 Å². The minimum Gasteiger partial charge on any atom is -0.493 e. The molecule has 1 heterocycles. The van der Waals surface area contributed by atoms with E-state index < -0.39 is 12.1 Å². The second-order valence-corrected chi connectivity index (χ2v) is 9.82. The van der Waals surface area contributed by atoms with Gasteiger partial charge in [-0.3, -0.25) is 19.4 Å². The standard InChI is InChI=1S/C31H36N4O6/c1-18(31(38)33-15-13-21-8-6-7-14-32-21)34-25-12-10-22-23(17-26(25)37)24(35-19(2)36)11-9-20-16-27(39-3)29(40-4)30(41-5)28(20)22/h6-8,10,12,14,16-18,24H,9,11,13,15H2,1-5H3,(H,33,38)(H,34,37)(H,35,36). The fourth-order valence-corrected chi connectivity index (χ4v) is 5.14. The van der Waals surface area contributed by atoms with E-state index in [9.17, 15) is 14.4 Å². The Kier molecular flexibility index (Phi) is 9.44. The summed E-state index contributed by atoms with van der Waals surface area (Å²) in [6.07, 6.45) is 3.47. The molecule has 10 heteroatoms. The molecule has 4 rings (SSSR count). The van der Waals surface area contributed by atoms with Gasteiger partial charge < -0.3 is 30.2 Å². The number of hydrogen-bond donors (Lipinski definition) is 3. The average Bonchev–Trinajstić information content (AvgIpc) is 3.21. The summed E-state index contributed by atoms with van der Waals surface area (Å²) in [6.45, 7) is 3.57. The van der Waals surface area contributed by atoms with Crippen LogP contribution in [-0.2, 0) is 22.4 Å². The van der Waals surface area contributed by atoms with E-state index in [-0.39, 0.29) is 22.9 Å². The second-order valence-electron chi connectivity index (χ2n) is 9.82. The van der Waals surface area contributed by atoms with Gasteiger partial charge in [-0.1, -0.05) is 12.1 Å². The molecule has 0 saturated carbocycles. The number of ether oxygens (including phenoxy) is 3. The number of aromatic nitrogens is 1.